The molecule has 0 bridgehead atoms. The second-order valence-electron chi connectivity index (χ2n) is 6.28. The van der Waals surface area contributed by atoms with Crippen molar-refractivity contribution in [3.05, 3.63) is 47.2 Å². The molecule has 154 valence electrons. The molecule has 2 amide bonds. The number of nitrogens with zero attached hydrogens (tertiary/aromatic N) is 6. The maximum Gasteiger partial charge on any atom is 0.323 e. The highest BCUT2D eigenvalue weighted by molar-refractivity contribution is 7.18. The van der Waals surface area contributed by atoms with Crippen LogP contribution < -0.4 is 10.6 Å². The quantitative estimate of drug-likeness (QED) is 0.499. The first-order chi connectivity index (χ1) is 14.5. The number of thiazole rings is 1. The highest BCUT2D eigenvalue weighted by atomic mass is 32.1. The fraction of sp³-hybridized carbons (Fsp3) is 0.222. The van der Waals surface area contributed by atoms with E-state index in [-0.39, 0.29) is 17.6 Å². The molecule has 4 rings (SSSR count). The third-order valence-electron chi connectivity index (χ3n) is 4.27. The minimum Gasteiger partial charge on any atom is -0.377 e. The van der Waals surface area contributed by atoms with E-state index in [1.54, 1.807) is 13.3 Å². The summed E-state index contributed by atoms with van der Waals surface area (Å²) in [4.78, 5) is 27.2. The van der Waals surface area contributed by atoms with Gasteiger partial charge >= 0.3 is 6.03 Å². The van der Waals surface area contributed by atoms with Gasteiger partial charge in [0.1, 0.15) is 10.3 Å². The van der Waals surface area contributed by atoms with Gasteiger partial charge in [-0.1, -0.05) is 11.3 Å². The van der Waals surface area contributed by atoms with Crippen LogP contribution in [0.5, 0.6) is 0 Å². The summed E-state index contributed by atoms with van der Waals surface area (Å²) < 4.78 is 19.8. The van der Waals surface area contributed by atoms with Crippen molar-refractivity contribution in [1.82, 2.24) is 29.9 Å². The van der Waals surface area contributed by atoms with Crippen LogP contribution in [0.3, 0.4) is 0 Å². The Hall–Kier alpha value is -3.51. The molecule has 2 N–H and O–H groups in total. The van der Waals surface area contributed by atoms with Crippen LogP contribution in [-0.2, 0) is 4.74 Å². The highest BCUT2D eigenvalue weighted by Crippen LogP contribution is 2.33. The van der Waals surface area contributed by atoms with Crippen molar-refractivity contribution < 1.29 is 13.9 Å². The van der Waals surface area contributed by atoms with Crippen LogP contribution in [0.1, 0.15) is 23.6 Å². The van der Waals surface area contributed by atoms with Crippen LogP contribution in [0.2, 0.25) is 0 Å². The van der Waals surface area contributed by atoms with Gasteiger partial charge in [-0.25, -0.2) is 24.1 Å². The van der Waals surface area contributed by atoms with E-state index in [0.29, 0.717) is 16.8 Å². The number of aromatic nitrogens is 6. The Kier molecular flexibility index (Phi) is 5.33. The lowest BCUT2D eigenvalue weighted by atomic mass is 10.1. The minimum atomic E-state index is -0.682. The fourth-order valence-corrected chi connectivity index (χ4v) is 3.66. The van der Waals surface area contributed by atoms with E-state index < -0.39 is 11.8 Å². The first-order valence-electron chi connectivity index (χ1n) is 8.85. The molecule has 1 atom stereocenters. The lowest BCUT2D eigenvalue weighted by Gasteiger charge is -2.16. The molecule has 0 aliphatic rings. The molecule has 0 aliphatic heterocycles. The molecule has 0 spiro atoms. The summed E-state index contributed by atoms with van der Waals surface area (Å²) >= 11 is 1.46. The first-order valence-corrected chi connectivity index (χ1v) is 9.67. The van der Waals surface area contributed by atoms with Crippen molar-refractivity contribution in [2.75, 3.05) is 17.7 Å². The zero-order valence-electron chi connectivity index (χ0n) is 16.3. The van der Waals surface area contributed by atoms with Gasteiger partial charge < -0.3 is 15.4 Å². The third-order valence-corrected chi connectivity index (χ3v) is 5.15. The Labute approximate surface area is 174 Å². The predicted octanol–water partition coefficient (Wildman–Crippen LogP) is 3.47. The molecule has 0 aromatic carbocycles. The van der Waals surface area contributed by atoms with Crippen LogP contribution in [0.25, 0.3) is 16.2 Å². The van der Waals surface area contributed by atoms with Crippen molar-refractivity contribution in [1.29, 1.82) is 0 Å². The molecule has 10 nitrogen and oxygen atoms in total. The van der Waals surface area contributed by atoms with Crippen LogP contribution in [0.15, 0.2) is 30.9 Å². The van der Waals surface area contributed by atoms with Crippen molar-refractivity contribution >= 4 is 39.1 Å². The molecule has 0 radical (unpaired) electrons. The van der Waals surface area contributed by atoms with Gasteiger partial charge in [0.25, 0.3) is 0 Å². The average Bonchev–Trinajstić information content (AvgIpc) is 3.36. The minimum absolute atomic E-state index is 0.0734. The number of halogens is 1. The Morgan fingerprint density at radius 3 is 2.70 bits per heavy atom. The molecule has 30 heavy (non-hydrogen) atoms. The largest absolute Gasteiger partial charge is 0.377 e. The molecule has 0 fully saturated rings. The molecule has 4 aromatic heterocycles. The Bertz CT molecular complexity index is 1210. The standard InChI is InChI=1S/C18H17FN8O2S/c1-9(29-3)14-13(8-21-17-15(14)24-10(2)30-17)26-18(28)25-11-6-12(19)16(20-7-11)27-22-4-5-23-27/h4-9H,1-3H3,(H2,25,26,28)/t9-/m0/s1. The van der Waals surface area contributed by atoms with Gasteiger partial charge in [-0.3, -0.25) is 0 Å². The zero-order valence-corrected chi connectivity index (χ0v) is 17.1. The molecule has 0 aliphatic carbocycles. The first kappa shape index (κ1) is 19.8. The van der Waals surface area contributed by atoms with E-state index in [4.69, 9.17) is 4.74 Å². The number of aryl methyl sites for hydroxylation is 1. The summed E-state index contributed by atoms with van der Waals surface area (Å²) in [5.41, 5.74) is 2.01. The van der Waals surface area contributed by atoms with E-state index in [1.165, 1.54) is 29.9 Å². The van der Waals surface area contributed by atoms with Gasteiger partial charge in [0.05, 0.1) is 47.3 Å². The summed E-state index contributed by atoms with van der Waals surface area (Å²) in [5, 5.41) is 13.8. The molecule has 4 heterocycles. The number of methoxy groups -OCH3 is 1. The fourth-order valence-electron chi connectivity index (χ4n) is 2.88. The van der Waals surface area contributed by atoms with E-state index >= 15 is 0 Å². The lowest BCUT2D eigenvalue weighted by molar-refractivity contribution is 0.121. The molecule has 0 saturated carbocycles. The highest BCUT2D eigenvalue weighted by Gasteiger charge is 2.20. The number of carbonyl (C=O) groups is 1. The number of anilines is 2. The van der Waals surface area contributed by atoms with Crippen LogP contribution >= 0.6 is 11.3 Å². The summed E-state index contributed by atoms with van der Waals surface area (Å²) in [6, 6.07) is 0.550. The number of amides is 2. The molecular formula is C18H17FN8O2S. The number of fused-ring (bicyclic) bond motifs is 1. The Morgan fingerprint density at radius 1 is 1.23 bits per heavy atom. The number of hydrogen-bond donors (Lipinski definition) is 2. The molecule has 4 aromatic rings. The number of hydrogen-bond acceptors (Lipinski definition) is 8. The molecule has 0 unspecified atom stereocenters. The smallest absolute Gasteiger partial charge is 0.323 e. The number of pyridine rings is 2. The van der Waals surface area contributed by atoms with Crippen molar-refractivity contribution in [3.8, 4) is 5.82 Å². The van der Waals surface area contributed by atoms with Gasteiger partial charge in [-0.15, -0.1) is 4.80 Å². The number of urea groups is 1. The van der Waals surface area contributed by atoms with Gasteiger partial charge in [0, 0.05) is 18.7 Å². The Morgan fingerprint density at radius 2 is 2.00 bits per heavy atom. The van der Waals surface area contributed by atoms with Gasteiger partial charge in [-0.2, -0.15) is 10.2 Å². The van der Waals surface area contributed by atoms with E-state index in [1.807, 2.05) is 13.8 Å². The van der Waals surface area contributed by atoms with E-state index in [9.17, 15) is 9.18 Å². The van der Waals surface area contributed by atoms with Gasteiger partial charge in [0.2, 0.25) is 5.82 Å². The van der Waals surface area contributed by atoms with Crippen LogP contribution in [-0.4, -0.2) is 43.1 Å². The van der Waals surface area contributed by atoms with E-state index in [0.717, 1.165) is 20.7 Å². The second-order valence-corrected chi connectivity index (χ2v) is 7.46. The average molecular weight is 428 g/mol. The number of rotatable bonds is 5. The molecule has 0 saturated heterocycles. The van der Waals surface area contributed by atoms with Gasteiger partial charge in [-0.05, 0) is 13.8 Å². The molecule has 12 heteroatoms. The zero-order chi connectivity index (χ0) is 21.3. The number of carbonyl (C=O) groups excluding carboxylic acids is 1. The second kappa shape index (κ2) is 8.08. The van der Waals surface area contributed by atoms with Crippen LogP contribution in [0.4, 0.5) is 20.6 Å². The lowest BCUT2D eigenvalue weighted by Crippen LogP contribution is -2.21. The SMILES string of the molecule is CO[C@@H](C)c1c(NC(=O)Nc2cnc(-n3nccn3)c(F)c2)cnc2sc(C)nc12. The maximum absolute atomic E-state index is 14.3. The third kappa shape index (κ3) is 3.82. The summed E-state index contributed by atoms with van der Waals surface area (Å²) in [6.07, 6.45) is 5.36. The van der Waals surface area contributed by atoms with Crippen molar-refractivity contribution in [2.45, 2.75) is 20.0 Å². The summed E-state index contributed by atoms with van der Waals surface area (Å²) in [5.74, 6) is -0.755. The maximum atomic E-state index is 14.3. The number of ether oxygens (including phenoxy) is 1. The Balaban J connectivity index is 1.57. The molecular weight excluding hydrogens is 411 g/mol. The normalized spacial score (nSPS) is 12.1. The number of nitrogens with one attached hydrogen (secondary N) is 2. The monoisotopic (exact) mass is 428 g/mol. The summed E-state index contributed by atoms with van der Waals surface area (Å²) in [7, 11) is 1.57. The van der Waals surface area contributed by atoms with Gasteiger partial charge in [0.15, 0.2) is 5.82 Å². The van der Waals surface area contributed by atoms with Crippen molar-refractivity contribution in [3.63, 3.8) is 0 Å². The summed E-state index contributed by atoms with van der Waals surface area (Å²) in [6.45, 7) is 3.74. The van der Waals surface area contributed by atoms with E-state index in [2.05, 4.69) is 35.8 Å². The topological polar surface area (TPSA) is 120 Å². The van der Waals surface area contributed by atoms with Crippen LogP contribution in [0, 0.1) is 12.7 Å². The predicted molar refractivity (Wildman–Crippen MR) is 109 cm³/mol. The van der Waals surface area contributed by atoms with Crippen molar-refractivity contribution in [2.24, 2.45) is 0 Å².